The van der Waals surface area contributed by atoms with E-state index in [0.29, 0.717) is 17.8 Å². The van der Waals surface area contributed by atoms with Crippen LogP contribution < -0.4 is 4.90 Å². The lowest BCUT2D eigenvalue weighted by Crippen LogP contribution is -2.46. The summed E-state index contributed by atoms with van der Waals surface area (Å²) in [6.07, 6.45) is 0. The SMILES string of the molecule is CCn1c(CN2CCN(c3ccccc3O)CC2)nc2cc(S(=O)(=O)N(C)C)ccc21. The van der Waals surface area contributed by atoms with Crippen LogP contribution in [0, 0.1) is 0 Å². The number of anilines is 1. The number of benzene rings is 2. The molecule has 8 nitrogen and oxygen atoms in total. The van der Waals surface area contributed by atoms with Crippen molar-refractivity contribution in [3.8, 4) is 5.75 Å². The molecule has 0 amide bonds. The first-order valence-electron chi connectivity index (χ1n) is 10.5. The minimum atomic E-state index is -3.49. The third-order valence-electron chi connectivity index (χ3n) is 5.85. The molecule has 0 bridgehead atoms. The number of imidazole rings is 1. The molecular formula is C22H29N5O3S. The average molecular weight is 444 g/mol. The van der Waals surface area contributed by atoms with Gasteiger partial charge in [-0.15, -0.1) is 0 Å². The Morgan fingerprint density at radius 2 is 1.77 bits per heavy atom. The molecule has 1 N–H and O–H groups in total. The highest BCUT2D eigenvalue weighted by atomic mass is 32.2. The van der Waals surface area contributed by atoms with Crippen LogP contribution in [0.4, 0.5) is 5.69 Å². The van der Waals surface area contributed by atoms with Gasteiger partial charge in [0.1, 0.15) is 11.6 Å². The quantitative estimate of drug-likeness (QED) is 0.630. The van der Waals surface area contributed by atoms with Crippen molar-refractivity contribution in [2.45, 2.75) is 24.9 Å². The first kappa shape index (κ1) is 21.6. The number of hydrogen-bond donors (Lipinski definition) is 1. The van der Waals surface area contributed by atoms with Crippen molar-refractivity contribution in [3.63, 3.8) is 0 Å². The minimum Gasteiger partial charge on any atom is -0.506 e. The Kier molecular flexibility index (Phi) is 5.92. The maximum atomic E-state index is 12.5. The number of hydrogen-bond acceptors (Lipinski definition) is 6. The largest absolute Gasteiger partial charge is 0.506 e. The van der Waals surface area contributed by atoms with Crippen molar-refractivity contribution in [3.05, 3.63) is 48.3 Å². The Hall–Kier alpha value is -2.62. The van der Waals surface area contributed by atoms with Gasteiger partial charge >= 0.3 is 0 Å². The number of phenolic OH excluding ortho intramolecular Hbond substituents is 1. The number of fused-ring (bicyclic) bond motifs is 1. The first-order valence-corrected chi connectivity index (χ1v) is 11.9. The minimum absolute atomic E-state index is 0.258. The Bertz CT molecular complexity index is 1180. The zero-order chi connectivity index (χ0) is 22.2. The van der Waals surface area contributed by atoms with E-state index >= 15 is 0 Å². The summed E-state index contributed by atoms with van der Waals surface area (Å²) >= 11 is 0. The number of rotatable bonds is 6. The van der Waals surface area contributed by atoms with E-state index < -0.39 is 10.0 Å². The summed E-state index contributed by atoms with van der Waals surface area (Å²) in [5.41, 5.74) is 2.52. The maximum absolute atomic E-state index is 12.5. The summed E-state index contributed by atoms with van der Waals surface area (Å²) in [4.78, 5) is 9.60. The second-order valence-electron chi connectivity index (χ2n) is 7.96. The molecule has 1 fully saturated rings. The third-order valence-corrected chi connectivity index (χ3v) is 7.66. The van der Waals surface area contributed by atoms with Gasteiger partial charge in [-0.05, 0) is 37.3 Å². The van der Waals surface area contributed by atoms with Crippen LogP contribution in [-0.4, -0.2) is 72.6 Å². The fourth-order valence-corrected chi connectivity index (χ4v) is 5.00. The van der Waals surface area contributed by atoms with E-state index in [1.165, 1.54) is 18.4 Å². The molecule has 1 saturated heterocycles. The molecule has 0 radical (unpaired) electrons. The number of piperazine rings is 1. The van der Waals surface area contributed by atoms with Gasteiger partial charge in [0.15, 0.2) is 0 Å². The molecule has 9 heteroatoms. The van der Waals surface area contributed by atoms with Crippen LogP contribution in [0.2, 0.25) is 0 Å². The van der Waals surface area contributed by atoms with E-state index in [4.69, 9.17) is 4.98 Å². The van der Waals surface area contributed by atoms with E-state index in [2.05, 4.69) is 21.3 Å². The van der Waals surface area contributed by atoms with E-state index in [9.17, 15) is 13.5 Å². The van der Waals surface area contributed by atoms with Crippen molar-refractivity contribution in [1.29, 1.82) is 0 Å². The highest BCUT2D eigenvalue weighted by Crippen LogP contribution is 2.28. The number of nitrogens with zero attached hydrogens (tertiary/aromatic N) is 5. The molecule has 0 saturated carbocycles. The Labute approximate surface area is 183 Å². The number of phenols is 1. The molecule has 2 aromatic carbocycles. The highest BCUT2D eigenvalue weighted by molar-refractivity contribution is 7.89. The fourth-order valence-electron chi connectivity index (χ4n) is 4.08. The Morgan fingerprint density at radius 1 is 1.06 bits per heavy atom. The van der Waals surface area contributed by atoms with Gasteiger partial charge in [0.2, 0.25) is 10.0 Å². The number of aryl methyl sites for hydroxylation is 1. The van der Waals surface area contributed by atoms with Crippen LogP contribution in [0.3, 0.4) is 0 Å². The Morgan fingerprint density at radius 3 is 2.42 bits per heavy atom. The smallest absolute Gasteiger partial charge is 0.242 e. The van der Waals surface area contributed by atoms with Gasteiger partial charge in [-0.1, -0.05) is 12.1 Å². The van der Waals surface area contributed by atoms with Crippen molar-refractivity contribution in [2.75, 3.05) is 45.2 Å². The molecule has 1 aromatic heterocycles. The fraction of sp³-hybridized carbons (Fsp3) is 0.409. The van der Waals surface area contributed by atoms with Crippen LogP contribution >= 0.6 is 0 Å². The number of aromatic hydroxyl groups is 1. The molecule has 166 valence electrons. The predicted molar refractivity (Wildman–Crippen MR) is 122 cm³/mol. The van der Waals surface area contributed by atoms with E-state index in [1.54, 1.807) is 18.2 Å². The van der Waals surface area contributed by atoms with Crippen molar-refractivity contribution < 1.29 is 13.5 Å². The molecule has 0 spiro atoms. The summed E-state index contributed by atoms with van der Waals surface area (Å²) < 4.78 is 28.3. The molecule has 2 heterocycles. The summed E-state index contributed by atoms with van der Waals surface area (Å²) in [7, 11) is -0.430. The molecule has 1 aliphatic rings. The lowest BCUT2D eigenvalue weighted by Gasteiger charge is -2.36. The average Bonchev–Trinajstić information content (AvgIpc) is 3.10. The lowest BCUT2D eigenvalue weighted by molar-refractivity contribution is 0.241. The van der Waals surface area contributed by atoms with Crippen LogP contribution in [0.1, 0.15) is 12.7 Å². The predicted octanol–water partition coefficient (Wildman–Crippen LogP) is 2.33. The number of aromatic nitrogens is 2. The van der Waals surface area contributed by atoms with E-state index in [0.717, 1.165) is 49.8 Å². The molecule has 3 aromatic rings. The van der Waals surface area contributed by atoms with Gasteiger partial charge in [0.25, 0.3) is 0 Å². The molecular weight excluding hydrogens is 414 g/mol. The van der Waals surface area contributed by atoms with Gasteiger partial charge in [-0.2, -0.15) is 0 Å². The van der Waals surface area contributed by atoms with E-state index in [-0.39, 0.29) is 4.90 Å². The molecule has 0 aliphatic carbocycles. The zero-order valence-electron chi connectivity index (χ0n) is 18.2. The third kappa shape index (κ3) is 4.13. The second-order valence-corrected chi connectivity index (χ2v) is 10.1. The van der Waals surface area contributed by atoms with Crippen LogP contribution in [0.25, 0.3) is 11.0 Å². The monoisotopic (exact) mass is 443 g/mol. The first-order chi connectivity index (χ1) is 14.8. The highest BCUT2D eigenvalue weighted by Gasteiger charge is 2.23. The van der Waals surface area contributed by atoms with Crippen LogP contribution in [0.5, 0.6) is 5.75 Å². The Balaban J connectivity index is 1.53. The van der Waals surface area contributed by atoms with Crippen molar-refractivity contribution in [1.82, 2.24) is 18.8 Å². The summed E-state index contributed by atoms with van der Waals surface area (Å²) in [6, 6.07) is 12.6. The van der Waals surface area contributed by atoms with Crippen LogP contribution in [-0.2, 0) is 23.1 Å². The molecule has 1 aliphatic heterocycles. The number of para-hydroxylation sites is 2. The maximum Gasteiger partial charge on any atom is 0.242 e. The van der Waals surface area contributed by atoms with Gasteiger partial charge < -0.3 is 14.6 Å². The van der Waals surface area contributed by atoms with Gasteiger partial charge in [-0.25, -0.2) is 17.7 Å². The van der Waals surface area contributed by atoms with E-state index in [1.807, 2.05) is 24.3 Å². The summed E-state index contributed by atoms with van der Waals surface area (Å²) in [6.45, 7) is 6.93. The standard InChI is InChI=1S/C22H29N5O3S/c1-4-27-19-10-9-17(31(29,30)24(2)3)15-18(19)23-22(27)16-25-11-13-26(14-12-25)20-7-5-6-8-21(20)28/h5-10,15,28H,4,11-14,16H2,1-3H3. The lowest BCUT2D eigenvalue weighted by atomic mass is 10.2. The summed E-state index contributed by atoms with van der Waals surface area (Å²) in [5, 5.41) is 10.1. The topological polar surface area (TPSA) is 81.9 Å². The molecule has 4 rings (SSSR count). The van der Waals surface area contributed by atoms with Gasteiger partial charge in [0.05, 0.1) is 28.2 Å². The van der Waals surface area contributed by atoms with Crippen LogP contribution in [0.15, 0.2) is 47.4 Å². The number of sulfonamides is 1. The summed E-state index contributed by atoms with van der Waals surface area (Å²) in [5.74, 6) is 1.25. The van der Waals surface area contributed by atoms with Gasteiger partial charge in [0, 0.05) is 46.8 Å². The molecule has 0 atom stereocenters. The normalized spacial score (nSPS) is 15.8. The zero-order valence-corrected chi connectivity index (χ0v) is 19.0. The molecule has 31 heavy (non-hydrogen) atoms. The van der Waals surface area contributed by atoms with Crippen molar-refractivity contribution >= 4 is 26.7 Å². The second kappa shape index (κ2) is 8.49. The molecule has 0 unspecified atom stereocenters. The van der Waals surface area contributed by atoms with Gasteiger partial charge in [-0.3, -0.25) is 4.90 Å². The van der Waals surface area contributed by atoms with Crippen molar-refractivity contribution in [2.24, 2.45) is 0 Å².